The smallest absolute Gasteiger partial charge is 0.339 e. The van der Waals surface area contributed by atoms with Crippen molar-refractivity contribution in [2.75, 3.05) is 6.54 Å². The molecule has 0 amide bonds. The summed E-state index contributed by atoms with van der Waals surface area (Å²) in [5.41, 5.74) is 6.40. The lowest BCUT2D eigenvalue weighted by Gasteiger charge is -1.89. The van der Waals surface area contributed by atoms with Gasteiger partial charge in [0.1, 0.15) is 0 Å². The number of aromatic nitrogens is 1. The first-order valence-electron chi connectivity index (χ1n) is 3.12. The first-order chi connectivity index (χ1) is 4.75. The first-order valence-corrected chi connectivity index (χ1v) is 3.12. The van der Waals surface area contributed by atoms with Crippen LogP contribution in [0.4, 0.5) is 0 Å². The predicted octanol–water partition coefficient (Wildman–Crippen LogP) is -0.222. The summed E-state index contributed by atoms with van der Waals surface area (Å²) in [6, 6.07) is 0. The van der Waals surface area contributed by atoms with E-state index in [9.17, 15) is 4.79 Å². The van der Waals surface area contributed by atoms with Crippen molar-refractivity contribution in [3.05, 3.63) is 21.7 Å². The van der Waals surface area contributed by atoms with Crippen LogP contribution in [0, 0.1) is 6.92 Å². The summed E-state index contributed by atoms with van der Waals surface area (Å²) in [5, 5.41) is 2.51. The zero-order valence-electron chi connectivity index (χ0n) is 5.81. The molecule has 0 fully saturated rings. The van der Waals surface area contributed by atoms with Crippen LogP contribution in [0.3, 0.4) is 0 Å². The van der Waals surface area contributed by atoms with E-state index in [-0.39, 0.29) is 5.63 Å². The van der Waals surface area contributed by atoms with E-state index in [0.29, 0.717) is 18.5 Å². The Labute approximate surface area is 58.0 Å². The number of H-pyrrole nitrogens is 1. The maximum atomic E-state index is 10.7. The molecular weight excluding hydrogens is 132 g/mol. The zero-order valence-corrected chi connectivity index (χ0v) is 5.81. The molecule has 0 bridgehead atoms. The van der Waals surface area contributed by atoms with E-state index in [1.165, 1.54) is 0 Å². The summed E-state index contributed by atoms with van der Waals surface area (Å²) in [4.78, 5) is 10.7. The van der Waals surface area contributed by atoms with Crippen molar-refractivity contribution in [2.45, 2.75) is 13.3 Å². The van der Waals surface area contributed by atoms with Crippen LogP contribution in [0.2, 0.25) is 0 Å². The summed E-state index contributed by atoms with van der Waals surface area (Å²) in [6.45, 7) is 2.24. The van der Waals surface area contributed by atoms with Gasteiger partial charge < -0.3 is 10.3 Å². The van der Waals surface area contributed by atoms with Gasteiger partial charge in [-0.2, -0.15) is 0 Å². The second kappa shape index (κ2) is 2.70. The van der Waals surface area contributed by atoms with Crippen LogP contribution < -0.4 is 11.4 Å². The van der Waals surface area contributed by atoms with Crippen LogP contribution in [0.1, 0.15) is 11.3 Å². The van der Waals surface area contributed by atoms with E-state index >= 15 is 0 Å². The van der Waals surface area contributed by atoms with Crippen LogP contribution in [0.5, 0.6) is 0 Å². The summed E-state index contributed by atoms with van der Waals surface area (Å²) < 4.78 is 4.51. The highest BCUT2D eigenvalue weighted by Crippen LogP contribution is 1.97. The van der Waals surface area contributed by atoms with Crippen molar-refractivity contribution in [3.8, 4) is 0 Å². The molecular formula is C6H10N2O2. The third-order valence-electron chi connectivity index (χ3n) is 1.42. The van der Waals surface area contributed by atoms with Crippen LogP contribution in [0.25, 0.3) is 0 Å². The Bertz CT molecular complexity index is 261. The van der Waals surface area contributed by atoms with Gasteiger partial charge in [0.2, 0.25) is 0 Å². The van der Waals surface area contributed by atoms with Crippen LogP contribution in [-0.4, -0.2) is 11.7 Å². The van der Waals surface area contributed by atoms with Crippen molar-refractivity contribution in [3.63, 3.8) is 0 Å². The fraction of sp³-hybridized carbons (Fsp3) is 0.500. The quantitative estimate of drug-likeness (QED) is 0.599. The highest BCUT2D eigenvalue weighted by molar-refractivity contribution is 5.12. The number of hydrogen-bond acceptors (Lipinski definition) is 3. The largest absolute Gasteiger partial charge is 0.360 e. The van der Waals surface area contributed by atoms with Gasteiger partial charge in [-0.3, -0.25) is 0 Å². The summed E-state index contributed by atoms with van der Waals surface area (Å²) in [7, 11) is 0. The first kappa shape index (κ1) is 7.08. The Balaban J connectivity index is 2.94. The number of aromatic amines is 1. The Morgan fingerprint density at radius 2 is 2.40 bits per heavy atom. The third-order valence-corrected chi connectivity index (χ3v) is 1.42. The van der Waals surface area contributed by atoms with Gasteiger partial charge in [-0.25, -0.2) is 9.95 Å². The number of rotatable bonds is 2. The highest BCUT2D eigenvalue weighted by Gasteiger charge is 2.03. The monoisotopic (exact) mass is 142 g/mol. The number of nitrogens with two attached hydrogens (primary N) is 1. The molecule has 1 aromatic rings. The van der Waals surface area contributed by atoms with Crippen molar-refractivity contribution >= 4 is 0 Å². The molecule has 0 saturated carbocycles. The fourth-order valence-electron chi connectivity index (χ4n) is 0.767. The Hall–Kier alpha value is -1.03. The van der Waals surface area contributed by atoms with Crippen molar-refractivity contribution < 1.29 is 4.52 Å². The van der Waals surface area contributed by atoms with E-state index in [4.69, 9.17) is 5.73 Å². The van der Waals surface area contributed by atoms with E-state index in [1.54, 1.807) is 6.92 Å². The van der Waals surface area contributed by atoms with Gasteiger partial charge in [-0.05, 0) is 13.5 Å². The van der Waals surface area contributed by atoms with Gasteiger partial charge in [-0.15, -0.1) is 0 Å². The summed E-state index contributed by atoms with van der Waals surface area (Å²) in [5.74, 6) is 0. The number of hydrogen-bond donors (Lipinski definition) is 2. The SMILES string of the molecule is Cc1c(CCN)[nH]oc1=O. The van der Waals surface area contributed by atoms with E-state index < -0.39 is 0 Å². The molecule has 4 nitrogen and oxygen atoms in total. The molecule has 3 N–H and O–H groups in total. The summed E-state index contributed by atoms with van der Waals surface area (Å²) in [6.07, 6.45) is 0.664. The minimum atomic E-state index is -0.302. The van der Waals surface area contributed by atoms with E-state index in [1.807, 2.05) is 0 Å². The Kier molecular flexibility index (Phi) is 1.91. The van der Waals surface area contributed by atoms with Gasteiger partial charge in [0.15, 0.2) is 0 Å². The van der Waals surface area contributed by atoms with Gasteiger partial charge >= 0.3 is 5.63 Å². The highest BCUT2D eigenvalue weighted by atomic mass is 16.5. The fourth-order valence-corrected chi connectivity index (χ4v) is 0.767. The minimum Gasteiger partial charge on any atom is -0.339 e. The molecule has 0 spiro atoms. The second-order valence-corrected chi connectivity index (χ2v) is 2.13. The molecule has 0 saturated heterocycles. The molecule has 0 radical (unpaired) electrons. The second-order valence-electron chi connectivity index (χ2n) is 2.13. The van der Waals surface area contributed by atoms with Crippen LogP contribution in [-0.2, 0) is 6.42 Å². The zero-order chi connectivity index (χ0) is 7.56. The Morgan fingerprint density at radius 1 is 1.70 bits per heavy atom. The molecule has 0 aliphatic rings. The van der Waals surface area contributed by atoms with Gasteiger partial charge in [0.05, 0.1) is 11.3 Å². The number of nitrogens with one attached hydrogen (secondary N) is 1. The molecule has 1 aromatic heterocycles. The predicted molar refractivity (Wildman–Crippen MR) is 36.8 cm³/mol. The molecule has 0 unspecified atom stereocenters. The maximum Gasteiger partial charge on any atom is 0.360 e. The van der Waals surface area contributed by atoms with E-state index in [0.717, 1.165) is 5.69 Å². The molecule has 4 heteroatoms. The molecule has 56 valence electrons. The maximum absolute atomic E-state index is 10.7. The van der Waals surface area contributed by atoms with Crippen molar-refractivity contribution in [2.24, 2.45) is 5.73 Å². The molecule has 1 heterocycles. The lowest BCUT2D eigenvalue weighted by atomic mass is 10.2. The van der Waals surface area contributed by atoms with Gasteiger partial charge in [-0.1, -0.05) is 0 Å². The van der Waals surface area contributed by atoms with Crippen molar-refractivity contribution in [1.82, 2.24) is 5.16 Å². The normalized spacial score (nSPS) is 10.2. The average Bonchev–Trinajstić information content (AvgIpc) is 2.20. The standard InChI is InChI=1S/C6H10N2O2/c1-4-5(2-3-7)8-10-6(4)9/h8H,2-3,7H2,1H3. The molecule has 1 rings (SSSR count). The summed E-state index contributed by atoms with van der Waals surface area (Å²) >= 11 is 0. The lowest BCUT2D eigenvalue weighted by molar-refractivity contribution is 0.384. The van der Waals surface area contributed by atoms with Crippen molar-refractivity contribution in [1.29, 1.82) is 0 Å². The molecule has 0 aromatic carbocycles. The van der Waals surface area contributed by atoms with Crippen LogP contribution >= 0.6 is 0 Å². The van der Waals surface area contributed by atoms with Crippen LogP contribution in [0.15, 0.2) is 9.32 Å². The van der Waals surface area contributed by atoms with Gasteiger partial charge in [0.25, 0.3) is 0 Å². The third kappa shape index (κ3) is 1.11. The lowest BCUT2D eigenvalue weighted by Crippen LogP contribution is -2.05. The minimum absolute atomic E-state index is 0.302. The molecule has 0 atom stereocenters. The van der Waals surface area contributed by atoms with Gasteiger partial charge in [0, 0.05) is 6.42 Å². The van der Waals surface area contributed by atoms with E-state index in [2.05, 4.69) is 9.68 Å². The average molecular weight is 142 g/mol. The Morgan fingerprint density at radius 3 is 2.80 bits per heavy atom. The molecule has 10 heavy (non-hydrogen) atoms. The molecule has 0 aliphatic carbocycles. The molecule has 0 aliphatic heterocycles. The topological polar surface area (TPSA) is 72.0 Å².